The maximum absolute atomic E-state index is 10.6. The lowest BCUT2D eigenvalue weighted by atomic mass is 10.0. The van der Waals surface area contributed by atoms with Crippen LogP contribution in [0.2, 0.25) is 0 Å². The van der Waals surface area contributed by atoms with E-state index in [9.17, 15) is 9.59 Å². The van der Waals surface area contributed by atoms with E-state index in [2.05, 4.69) is 0 Å². The molecule has 1 N–H and O–H groups in total. The van der Waals surface area contributed by atoms with Crippen molar-refractivity contribution in [3.63, 3.8) is 0 Å². The van der Waals surface area contributed by atoms with Crippen LogP contribution < -0.4 is 0 Å². The van der Waals surface area contributed by atoms with E-state index in [1.807, 2.05) is 0 Å². The fourth-order valence-electron chi connectivity index (χ4n) is 1.02. The maximum Gasteiger partial charge on any atom is 0.326 e. The minimum Gasteiger partial charge on any atom is -0.480 e. The molecule has 56 valence electrons. The fraction of sp³-hybridized carbons (Fsp3) is 0.667. The molecule has 1 unspecified atom stereocenters. The Kier molecular flexibility index (Phi) is 1.61. The maximum atomic E-state index is 10.6. The molecule has 0 aromatic carbocycles. The summed E-state index contributed by atoms with van der Waals surface area (Å²) in [7, 11) is 0. The predicted octanol–water partition coefficient (Wildman–Crippen LogP) is -0.308. The summed E-state index contributed by atoms with van der Waals surface area (Å²) in [4.78, 5) is 22.3. The standard InChI is InChI=1S/C6H9NO3/c1-4(8)7-3-2-5(7)6(9)10/h5H,2-3H2,1H3,(H,9,10). The highest BCUT2D eigenvalue weighted by molar-refractivity contribution is 5.83. The van der Waals surface area contributed by atoms with Crippen LogP contribution in [0.25, 0.3) is 0 Å². The summed E-state index contributed by atoms with van der Waals surface area (Å²) < 4.78 is 0. The van der Waals surface area contributed by atoms with E-state index < -0.39 is 12.0 Å². The highest BCUT2D eigenvalue weighted by Gasteiger charge is 2.35. The van der Waals surface area contributed by atoms with Gasteiger partial charge in [0, 0.05) is 13.5 Å². The van der Waals surface area contributed by atoms with Crippen molar-refractivity contribution in [1.29, 1.82) is 0 Å². The Hall–Kier alpha value is -1.06. The number of likely N-dealkylation sites (tertiary alicyclic amines) is 1. The van der Waals surface area contributed by atoms with E-state index in [0.717, 1.165) is 0 Å². The van der Waals surface area contributed by atoms with Gasteiger partial charge in [-0.3, -0.25) is 4.79 Å². The summed E-state index contributed by atoms with van der Waals surface area (Å²) in [5.74, 6) is -1.06. The first-order valence-electron chi connectivity index (χ1n) is 3.13. The molecule has 0 aliphatic carbocycles. The van der Waals surface area contributed by atoms with Crippen LogP contribution in [0.3, 0.4) is 0 Å². The Morgan fingerprint density at radius 2 is 2.20 bits per heavy atom. The van der Waals surface area contributed by atoms with Gasteiger partial charge in [-0.2, -0.15) is 0 Å². The molecule has 0 bridgehead atoms. The molecule has 0 aromatic rings. The molecule has 4 heteroatoms. The lowest BCUT2D eigenvalue weighted by molar-refractivity contribution is -0.156. The molecular weight excluding hydrogens is 134 g/mol. The third kappa shape index (κ3) is 0.964. The summed E-state index contributed by atoms with van der Waals surface area (Å²) in [5, 5.41) is 8.46. The molecule has 1 amide bonds. The number of carbonyl (C=O) groups is 2. The van der Waals surface area contributed by atoms with Crippen molar-refractivity contribution in [2.24, 2.45) is 0 Å². The minimum atomic E-state index is -0.901. The molecule has 0 radical (unpaired) electrons. The van der Waals surface area contributed by atoms with Crippen molar-refractivity contribution < 1.29 is 14.7 Å². The van der Waals surface area contributed by atoms with Crippen LogP contribution in [-0.2, 0) is 9.59 Å². The third-order valence-electron chi connectivity index (χ3n) is 1.71. The average molecular weight is 143 g/mol. The van der Waals surface area contributed by atoms with E-state index >= 15 is 0 Å². The molecule has 1 heterocycles. The Balaban J connectivity index is 2.51. The lowest BCUT2D eigenvalue weighted by Crippen LogP contribution is -2.54. The monoisotopic (exact) mass is 143 g/mol. The Morgan fingerprint density at radius 1 is 1.60 bits per heavy atom. The summed E-state index contributed by atoms with van der Waals surface area (Å²) in [6.07, 6.45) is 0.592. The van der Waals surface area contributed by atoms with Crippen LogP contribution in [0.15, 0.2) is 0 Å². The topological polar surface area (TPSA) is 57.6 Å². The van der Waals surface area contributed by atoms with E-state index in [0.29, 0.717) is 13.0 Å². The van der Waals surface area contributed by atoms with Crippen LogP contribution >= 0.6 is 0 Å². The molecule has 10 heavy (non-hydrogen) atoms. The number of aliphatic carboxylic acids is 1. The second-order valence-corrected chi connectivity index (χ2v) is 2.36. The van der Waals surface area contributed by atoms with Gasteiger partial charge in [-0.25, -0.2) is 4.79 Å². The highest BCUT2D eigenvalue weighted by atomic mass is 16.4. The van der Waals surface area contributed by atoms with Gasteiger partial charge < -0.3 is 10.0 Å². The number of nitrogens with zero attached hydrogens (tertiary/aromatic N) is 1. The van der Waals surface area contributed by atoms with Gasteiger partial charge in [0.25, 0.3) is 0 Å². The van der Waals surface area contributed by atoms with Gasteiger partial charge in [-0.05, 0) is 6.42 Å². The van der Waals surface area contributed by atoms with Gasteiger partial charge in [-0.15, -0.1) is 0 Å². The zero-order valence-corrected chi connectivity index (χ0v) is 5.70. The highest BCUT2D eigenvalue weighted by Crippen LogP contribution is 2.16. The van der Waals surface area contributed by atoms with Gasteiger partial charge >= 0.3 is 5.97 Å². The summed E-state index contributed by atoms with van der Waals surface area (Å²) >= 11 is 0. The summed E-state index contributed by atoms with van der Waals surface area (Å²) in [6.45, 7) is 1.97. The Bertz CT molecular complexity index is 158. The third-order valence-corrected chi connectivity index (χ3v) is 1.71. The Labute approximate surface area is 58.4 Å². The molecule has 0 aromatic heterocycles. The summed E-state index contributed by atoms with van der Waals surface area (Å²) in [5.41, 5.74) is 0. The first-order chi connectivity index (χ1) is 4.63. The van der Waals surface area contributed by atoms with Gasteiger partial charge in [0.05, 0.1) is 0 Å². The lowest BCUT2D eigenvalue weighted by Gasteiger charge is -2.36. The normalized spacial score (nSPS) is 23.7. The SMILES string of the molecule is CC(=O)N1CCC1C(=O)O. The average Bonchev–Trinajstić information content (AvgIpc) is 1.56. The molecule has 1 rings (SSSR count). The number of hydrogen-bond acceptors (Lipinski definition) is 2. The van der Waals surface area contributed by atoms with Gasteiger partial charge in [0.2, 0.25) is 5.91 Å². The van der Waals surface area contributed by atoms with Crippen molar-refractivity contribution >= 4 is 11.9 Å². The van der Waals surface area contributed by atoms with Gasteiger partial charge in [0.15, 0.2) is 0 Å². The van der Waals surface area contributed by atoms with Gasteiger partial charge in [-0.1, -0.05) is 0 Å². The van der Waals surface area contributed by atoms with E-state index in [-0.39, 0.29) is 5.91 Å². The molecule has 1 aliphatic heterocycles. The van der Waals surface area contributed by atoms with E-state index in [1.54, 1.807) is 0 Å². The number of carboxylic acids is 1. The number of carbonyl (C=O) groups excluding carboxylic acids is 1. The molecule has 1 aliphatic rings. The molecule has 0 saturated carbocycles. The van der Waals surface area contributed by atoms with Crippen LogP contribution in [0.4, 0.5) is 0 Å². The smallest absolute Gasteiger partial charge is 0.326 e. The Morgan fingerprint density at radius 3 is 2.30 bits per heavy atom. The van der Waals surface area contributed by atoms with Crippen LogP contribution in [0.1, 0.15) is 13.3 Å². The van der Waals surface area contributed by atoms with Crippen LogP contribution in [0.5, 0.6) is 0 Å². The number of hydrogen-bond donors (Lipinski definition) is 1. The zero-order chi connectivity index (χ0) is 7.72. The molecule has 1 atom stereocenters. The molecule has 4 nitrogen and oxygen atoms in total. The fourth-order valence-corrected chi connectivity index (χ4v) is 1.02. The van der Waals surface area contributed by atoms with E-state index in [4.69, 9.17) is 5.11 Å². The first-order valence-corrected chi connectivity index (χ1v) is 3.13. The quantitative estimate of drug-likeness (QED) is 0.547. The molecule has 1 fully saturated rings. The second-order valence-electron chi connectivity index (χ2n) is 2.36. The number of carboxylic acid groups (broad SMARTS) is 1. The molecule has 1 saturated heterocycles. The number of amides is 1. The molecule has 0 spiro atoms. The van der Waals surface area contributed by atoms with Crippen molar-refractivity contribution in [2.75, 3.05) is 6.54 Å². The van der Waals surface area contributed by atoms with Crippen molar-refractivity contribution in [3.8, 4) is 0 Å². The zero-order valence-electron chi connectivity index (χ0n) is 5.70. The predicted molar refractivity (Wildman–Crippen MR) is 33.4 cm³/mol. The van der Waals surface area contributed by atoms with Gasteiger partial charge in [0.1, 0.15) is 6.04 Å². The van der Waals surface area contributed by atoms with Crippen molar-refractivity contribution in [2.45, 2.75) is 19.4 Å². The minimum absolute atomic E-state index is 0.154. The van der Waals surface area contributed by atoms with Crippen LogP contribution in [-0.4, -0.2) is 34.5 Å². The number of rotatable bonds is 1. The summed E-state index contributed by atoms with van der Waals surface area (Å²) in [6, 6.07) is -0.558. The van der Waals surface area contributed by atoms with Crippen molar-refractivity contribution in [3.05, 3.63) is 0 Å². The van der Waals surface area contributed by atoms with Crippen molar-refractivity contribution in [1.82, 2.24) is 4.90 Å². The molecular formula is C6H9NO3. The second kappa shape index (κ2) is 2.28. The first kappa shape index (κ1) is 7.05. The van der Waals surface area contributed by atoms with Crippen LogP contribution in [0, 0.1) is 0 Å². The van der Waals surface area contributed by atoms with E-state index in [1.165, 1.54) is 11.8 Å². The largest absolute Gasteiger partial charge is 0.480 e.